The molecular formula is C22H25N. The van der Waals surface area contributed by atoms with Gasteiger partial charge in [0.1, 0.15) is 0 Å². The number of benzene rings is 2. The van der Waals surface area contributed by atoms with Gasteiger partial charge >= 0.3 is 0 Å². The van der Waals surface area contributed by atoms with Gasteiger partial charge in [0, 0.05) is 6.54 Å². The molecule has 0 saturated carbocycles. The molecule has 1 heterocycles. The van der Waals surface area contributed by atoms with Crippen LogP contribution < -0.4 is 5.32 Å². The maximum Gasteiger partial charge on any atom is 0.0182 e. The fraction of sp³-hybridized carbons (Fsp3) is 0.273. The first-order valence-electron chi connectivity index (χ1n) is 8.51. The van der Waals surface area contributed by atoms with Gasteiger partial charge in [0.05, 0.1) is 0 Å². The Morgan fingerprint density at radius 2 is 1.65 bits per heavy atom. The summed E-state index contributed by atoms with van der Waals surface area (Å²) in [6, 6.07) is 15.9. The standard InChI is InChI=1S/C22H25N/c1-17(2)18-7-9-19(10-8-18)22-12-11-20-13-15-23-14-5-3-4-6-21(20)16-22/h3-5,7-12,14,16-17,23H,6,13,15H2,1-2H3/b4-3-,14-5-. The molecule has 0 fully saturated rings. The molecule has 1 aliphatic heterocycles. The average Bonchev–Trinajstić information content (AvgIpc) is 2.59. The van der Waals surface area contributed by atoms with E-state index in [1.54, 1.807) is 0 Å². The van der Waals surface area contributed by atoms with Crippen molar-refractivity contribution in [3.63, 3.8) is 0 Å². The van der Waals surface area contributed by atoms with Crippen molar-refractivity contribution in [2.45, 2.75) is 32.6 Å². The molecule has 0 saturated heterocycles. The molecule has 0 spiro atoms. The predicted octanol–water partition coefficient (Wildman–Crippen LogP) is 5.24. The Balaban J connectivity index is 1.90. The molecule has 23 heavy (non-hydrogen) atoms. The fourth-order valence-corrected chi connectivity index (χ4v) is 2.99. The third kappa shape index (κ3) is 3.92. The highest BCUT2D eigenvalue weighted by atomic mass is 14.8. The summed E-state index contributed by atoms with van der Waals surface area (Å²) >= 11 is 0. The molecule has 0 atom stereocenters. The first kappa shape index (κ1) is 15.6. The molecule has 1 nitrogen and oxygen atoms in total. The lowest BCUT2D eigenvalue weighted by Crippen LogP contribution is -2.11. The molecule has 1 N–H and O–H groups in total. The van der Waals surface area contributed by atoms with Gasteiger partial charge in [-0.1, -0.05) is 68.5 Å². The van der Waals surface area contributed by atoms with Crippen LogP contribution in [-0.4, -0.2) is 6.54 Å². The Bertz CT molecular complexity index is 705. The Morgan fingerprint density at radius 1 is 0.870 bits per heavy atom. The SMILES string of the molecule is CC(C)c1ccc(-c2ccc3c(c2)C/C=C\C=C/NCC3)cc1. The topological polar surface area (TPSA) is 12.0 Å². The van der Waals surface area contributed by atoms with Gasteiger partial charge in [0.25, 0.3) is 0 Å². The molecule has 0 aliphatic carbocycles. The number of nitrogens with one attached hydrogen (secondary N) is 1. The Morgan fingerprint density at radius 3 is 2.43 bits per heavy atom. The summed E-state index contributed by atoms with van der Waals surface area (Å²) in [6.45, 7) is 5.46. The van der Waals surface area contributed by atoms with E-state index in [9.17, 15) is 0 Å². The highest BCUT2D eigenvalue weighted by molar-refractivity contribution is 5.65. The molecule has 0 amide bonds. The Hall–Kier alpha value is -2.28. The molecule has 118 valence electrons. The molecule has 0 radical (unpaired) electrons. The van der Waals surface area contributed by atoms with Crippen LogP contribution in [0.1, 0.15) is 36.5 Å². The number of allylic oxidation sites excluding steroid dienone is 3. The zero-order valence-electron chi connectivity index (χ0n) is 14.0. The lowest BCUT2D eigenvalue weighted by molar-refractivity contribution is 0.824. The van der Waals surface area contributed by atoms with Gasteiger partial charge in [-0.2, -0.15) is 0 Å². The van der Waals surface area contributed by atoms with E-state index in [0.29, 0.717) is 5.92 Å². The van der Waals surface area contributed by atoms with E-state index < -0.39 is 0 Å². The molecule has 1 aliphatic rings. The summed E-state index contributed by atoms with van der Waals surface area (Å²) in [4.78, 5) is 0. The van der Waals surface area contributed by atoms with Crippen LogP contribution in [0.25, 0.3) is 11.1 Å². The van der Waals surface area contributed by atoms with E-state index in [1.165, 1.54) is 27.8 Å². The van der Waals surface area contributed by atoms with Crippen LogP contribution in [-0.2, 0) is 12.8 Å². The van der Waals surface area contributed by atoms with Crippen molar-refractivity contribution in [1.82, 2.24) is 5.32 Å². The number of hydrogen-bond acceptors (Lipinski definition) is 1. The minimum Gasteiger partial charge on any atom is -0.391 e. The monoisotopic (exact) mass is 303 g/mol. The minimum absolute atomic E-state index is 0.582. The van der Waals surface area contributed by atoms with Crippen molar-refractivity contribution in [2.24, 2.45) is 0 Å². The lowest BCUT2D eigenvalue weighted by atomic mass is 9.94. The predicted molar refractivity (Wildman–Crippen MR) is 99.7 cm³/mol. The van der Waals surface area contributed by atoms with E-state index in [2.05, 4.69) is 79.9 Å². The summed E-state index contributed by atoms with van der Waals surface area (Å²) in [6.07, 6.45) is 10.5. The lowest BCUT2D eigenvalue weighted by Gasteiger charge is -2.13. The van der Waals surface area contributed by atoms with E-state index in [1.807, 2.05) is 6.20 Å². The summed E-state index contributed by atoms with van der Waals surface area (Å²) < 4.78 is 0. The van der Waals surface area contributed by atoms with Crippen molar-refractivity contribution < 1.29 is 0 Å². The van der Waals surface area contributed by atoms with Crippen molar-refractivity contribution in [3.8, 4) is 11.1 Å². The third-order valence-corrected chi connectivity index (χ3v) is 4.45. The second-order valence-corrected chi connectivity index (χ2v) is 6.46. The molecule has 0 aromatic heterocycles. The normalized spacial score (nSPS) is 17.2. The van der Waals surface area contributed by atoms with Gasteiger partial charge in [-0.25, -0.2) is 0 Å². The number of hydrogen-bond donors (Lipinski definition) is 1. The second kappa shape index (κ2) is 7.32. The van der Waals surface area contributed by atoms with Crippen LogP contribution in [0.3, 0.4) is 0 Å². The fourth-order valence-electron chi connectivity index (χ4n) is 2.99. The maximum atomic E-state index is 3.33. The number of rotatable bonds is 2. The van der Waals surface area contributed by atoms with Crippen molar-refractivity contribution >= 4 is 0 Å². The highest BCUT2D eigenvalue weighted by Gasteiger charge is 2.06. The number of fused-ring (bicyclic) bond motifs is 1. The van der Waals surface area contributed by atoms with Crippen molar-refractivity contribution in [2.75, 3.05) is 6.54 Å². The summed E-state index contributed by atoms with van der Waals surface area (Å²) in [5.74, 6) is 0.582. The highest BCUT2D eigenvalue weighted by Crippen LogP contribution is 2.25. The van der Waals surface area contributed by atoms with Crippen LogP contribution >= 0.6 is 0 Å². The van der Waals surface area contributed by atoms with Crippen LogP contribution in [0.2, 0.25) is 0 Å². The summed E-state index contributed by atoms with van der Waals surface area (Å²) in [7, 11) is 0. The first-order chi connectivity index (χ1) is 11.2. The quantitative estimate of drug-likeness (QED) is 0.800. The van der Waals surface area contributed by atoms with Gasteiger partial charge < -0.3 is 5.32 Å². The van der Waals surface area contributed by atoms with Crippen LogP contribution in [0, 0.1) is 0 Å². The zero-order valence-corrected chi connectivity index (χ0v) is 14.0. The Labute approximate surface area is 139 Å². The van der Waals surface area contributed by atoms with Gasteiger partial charge in [-0.05, 0) is 58.9 Å². The molecule has 2 aromatic rings. The van der Waals surface area contributed by atoms with E-state index in [0.717, 1.165) is 19.4 Å². The molecule has 0 unspecified atom stereocenters. The van der Waals surface area contributed by atoms with Crippen LogP contribution in [0.5, 0.6) is 0 Å². The minimum atomic E-state index is 0.582. The van der Waals surface area contributed by atoms with E-state index in [-0.39, 0.29) is 0 Å². The van der Waals surface area contributed by atoms with Gasteiger partial charge in [-0.15, -0.1) is 0 Å². The molecule has 2 aromatic carbocycles. The molecular weight excluding hydrogens is 278 g/mol. The Kier molecular flexibility index (Phi) is 4.97. The second-order valence-electron chi connectivity index (χ2n) is 6.46. The van der Waals surface area contributed by atoms with Crippen molar-refractivity contribution in [3.05, 3.63) is 83.6 Å². The molecule has 1 heteroatoms. The van der Waals surface area contributed by atoms with Gasteiger partial charge in [-0.3, -0.25) is 0 Å². The van der Waals surface area contributed by atoms with E-state index >= 15 is 0 Å². The smallest absolute Gasteiger partial charge is 0.0182 e. The van der Waals surface area contributed by atoms with Crippen molar-refractivity contribution in [1.29, 1.82) is 0 Å². The zero-order chi connectivity index (χ0) is 16.1. The van der Waals surface area contributed by atoms with Crippen LogP contribution in [0.15, 0.2) is 66.9 Å². The van der Waals surface area contributed by atoms with Gasteiger partial charge in [0.15, 0.2) is 0 Å². The molecule has 0 bridgehead atoms. The molecule has 3 rings (SSSR count). The average molecular weight is 303 g/mol. The van der Waals surface area contributed by atoms with E-state index in [4.69, 9.17) is 0 Å². The van der Waals surface area contributed by atoms with Crippen LogP contribution in [0.4, 0.5) is 0 Å². The first-order valence-corrected chi connectivity index (χ1v) is 8.51. The maximum absolute atomic E-state index is 3.33. The third-order valence-electron chi connectivity index (χ3n) is 4.45. The van der Waals surface area contributed by atoms with Gasteiger partial charge in [0.2, 0.25) is 0 Å². The summed E-state index contributed by atoms with van der Waals surface area (Å²) in [5.41, 5.74) is 6.89. The summed E-state index contributed by atoms with van der Waals surface area (Å²) in [5, 5.41) is 3.33. The largest absolute Gasteiger partial charge is 0.391 e.